The van der Waals surface area contributed by atoms with E-state index in [-0.39, 0.29) is 30.4 Å². The molecular formula is C14H25N3O3. The SMILES string of the molecule is COCC(C)NC(=O)CN1C(=O)CCC2CNCCC21. The average molecular weight is 283 g/mol. The third-order valence-electron chi connectivity index (χ3n) is 4.16. The van der Waals surface area contributed by atoms with E-state index in [0.29, 0.717) is 18.9 Å². The molecule has 2 amide bonds. The first-order chi connectivity index (χ1) is 9.61. The summed E-state index contributed by atoms with van der Waals surface area (Å²) in [6, 6.07) is 0.192. The summed E-state index contributed by atoms with van der Waals surface area (Å²) in [7, 11) is 1.61. The topological polar surface area (TPSA) is 70.7 Å². The van der Waals surface area contributed by atoms with Crippen LogP contribution in [-0.2, 0) is 14.3 Å². The Morgan fingerprint density at radius 1 is 1.55 bits per heavy atom. The second-order valence-corrected chi connectivity index (χ2v) is 5.80. The van der Waals surface area contributed by atoms with Crippen LogP contribution in [0, 0.1) is 5.92 Å². The van der Waals surface area contributed by atoms with Gasteiger partial charge in [-0.3, -0.25) is 9.59 Å². The molecule has 0 aromatic rings. The Balaban J connectivity index is 1.91. The molecule has 0 saturated carbocycles. The Morgan fingerprint density at radius 2 is 2.35 bits per heavy atom. The summed E-state index contributed by atoms with van der Waals surface area (Å²) in [6.45, 7) is 4.43. The van der Waals surface area contributed by atoms with Gasteiger partial charge >= 0.3 is 0 Å². The van der Waals surface area contributed by atoms with Gasteiger partial charge in [0.25, 0.3) is 0 Å². The molecule has 2 saturated heterocycles. The Morgan fingerprint density at radius 3 is 3.10 bits per heavy atom. The van der Waals surface area contributed by atoms with E-state index in [4.69, 9.17) is 4.74 Å². The standard InChI is InChI=1S/C14H25N3O3/c1-10(9-20-2)16-13(18)8-17-12-5-6-15-7-11(12)3-4-14(17)19/h10-12,15H,3-9H2,1-2H3,(H,16,18). The van der Waals surface area contributed by atoms with Crippen molar-refractivity contribution in [3.8, 4) is 0 Å². The quantitative estimate of drug-likeness (QED) is 0.729. The fourth-order valence-electron chi connectivity index (χ4n) is 3.22. The van der Waals surface area contributed by atoms with E-state index < -0.39 is 0 Å². The lowest BCUT2D eigenvalue weighted by molar-refractivity contribution is -0.144. The Hall–Kier alpha value is -1.14. The van der Waals surface area contributed by atoms with E-state index in [1.807, 2.05) is 6.92 Å². The highest BCUT2D eigenvalue weighted by atomic mass is 16.5. The number of rotatable bonds is 5. The van der Waals surface area contributed by atoms with Gasteiger partial charge in [-0.15, -0.1) is 0 Å². The molecule has 2 aliphatic heterocycles. The maximum absolute atomic E-state index is 12.1. The van der Waals surface area contributed by atoms with Crippen molar-refractivity contribution in [1.82, 2.24) is 15.5 Å². The van der Waals surface area contributed by atoms with Gasteiger partial charge in [-0.2, -0.15) is 0 Å². The summed E-state index contributed by atoms with van der Waals surface area (Å²) in [5.74, 6) is 0.510. The van der Waals surface area contributed by atoms with Crippen LogP contribution in [0.15, 0.2) is 0 Å². The van der Waals surface area contributed by atoms with Crippen LogP contribution in [0.5, 0.6) is 0 Å². The minimum atomic E-state index is -0.0953. The van der Waals surface area contributed by atoms with Gasteiger partial charge in [-0.1, -0.05) is 0 Å². The molecule has 0 spiro atoms. The summed E-state index contributed by atoms with van der Waals surface area (Å²) in [5, 5.41) is 6.24. The van der Waals surface area contributed by atoms with Crippen LogP contribution >= 0.6 is 0 Å². The van der Waals surface area contributed by atoms with Gasteiger partial charge in [0, 0.05) is 25.6 Å². The monoisotopic (exact) mass is 283 g/mol. The summed E-state index contributed by atoms with van der Waals surface area (Å²) in [4.78, 5) is 25.9. The highest BCUT2D eigenvalue weighted by molar-refractivity contribution is 5.85. The molecule has 0 aromatic carbocycles. The zero-order valence-corrected chi connectivity index (χ0v) is 12.4. The fraction of sp³-hybridized carbons (Fsp3) is 0.857. The average Bonchev–Trinajstić information content (AvgIpc) is 2.42. The molecule has 2 heterocycles. The number of carbonyl (C=O) groups is 2. The Bertz CT molecular complexity index is 362. The Labute approximate surface area is 120 Å². The molecule has 2 fully saturated rings. The lowest BCUT2D eigenvalue weighted by atomic mass is 9.84. The number of carbonyl (C=O) groups excluding carboxylic acids is 2. The number of amides is 2. The van der Waals surface area contributed by atoms with E-state index in [9.17, 15) is 9.59 Å². The zero-order chi connectivity index (χ0) is 14.5. The summed E-state index contributed by atoms with van der Waals surface area (Å²) in [6.07, 6.45) is 2.44. The second kappa shape index (κ2) is 7.04. The van der Waals surface area contributed by atoms with Crippen molar-refractivity contribution in [2.75, 3.05) is 33.4 Å². The zero-order valence-electron chi connectivity index (χ0n) is 12.4. The summed E-state index contributed by atoms with van der Waals surface area (Å²) in [5.41, 5.74) is 0. The van der Waals surface area contributed by atoms with Crippen molar-refractivity contribution >= 4 is 11.8 Å². The van der Waals surface area contributed by atoms with Crippen molar-refractivity contribution in [3.63, 3.8) is 0 Å². The van der Waals surface area contributed by atoms with Gasteiger partial charge in [0.05, 0.1) is 13.2 Å². The third-order valence-corrected chi connectivity index (χ3v) is 4.16. The predicted octanol–water partition coefficient (Wildman–Crippen LogP) is -0.262. The summed E-state index contributed by atoms with van der Waals surface area (Å²) >= 11 is 0. The van der Waals surface area contributed by atoms with E-state index in [1.165, 1.54) is 0 Å². The van der Waals surface area contributed by atoms with E-state index in [0.717, 1.165) is 25.9 Å². The second-order valence-electron chi connectivity index (χ2n) is 5.80. The van der Waals surface area contributed by atoms with Crippen molar-refractivity contribution < 1.29 is 14.3 Å². The first-order valence-corrected chi connectivity index (χ1v) is 7.40. The molecule has 20 heavy (non-hydrogen) atoms. The lowest BCUT2D eigenvalue weighted by Gasteiger charge is -2.43. The first-order valence-electron chi connectivity index (χ1n) is 7.40. The molecule has 0 bridgehead atoms. The molecule has 0 aromatic heterocycles. The van der Waals surface area contributed by atoms with E-state index >= 15 is 0 Å². The highest BCUT2D eigenvalue weighted by Crippen LogP contribution is 2.28. The molecule has 6 nitrogen and oxygen atoms in total. The number of methoxy groups -OCH3 is 1. The normalized spacial score (nSPS) is 27.9. The maximum Gasteiger partial charge on any atom is 0.239 e. The minimum absolute atomic E-state index is 0.0313. The smallest absolute Gasteiger partial charge is 0.239 e. The molecule has 2 N–H and O–H groups in total. The number of ether oxygens (including phenoxy) is 1. The van der Waals surface area contributed by atoms with Crippen LogP contribution < -0.4 is 10.6 Å². The van der Waals surface area contributed by atoms with Crippen molar-refractivity contribution in [3.05, 3.63) is 0 Å². The number of hydrogen-bond acceptors (Lipinski definition) is 4. The minimum Gasteiger partial charge on any atom is -0.383 e. The molecule has 6 heteroatoms. The molecule has 3 atom stereocenters. The molecule has 0 radical (unpaired) electrons. The van der Waals surface area contributed by atoms with Gasteiger partial charge in [-0.05, 0) is 38.8 Å². The van der Waals surface area contributed by atoms with E-state index in [1.54, 1.807) is 12.0 Å². The first kappa shape index (κ1) is 15.3. The molecule has 0 aliphatic carbocycles. The van der Waals surface area contributed by atoms with Crippen LogP contribution in [0.1, 0.15) is 26.2 Å². The van der Waals surface area contributed by atoms with Crippen LogP contribution in [0.25, 0.3) is 0 Å². The number of nitrogens with one attached hydrogen (secondary N) is 2. The fourth-order valence-corrected chi connectivity index (χ4v) is 3.22. The highest BCUT2D eigenvalue weighted by Gasteiger charge is 2.37. The van der Waals surface area contributed by atoms with Gasteiger partial charge in [0.1, 0.15) is 0 Å². The van der Waals surface area contributed by atoms with Gasteiger partial charge < -0.3 is 20.3 Å². The molecule has 3 unspecified atom stereocenters. The number of likely N-dealkylation sites (tertiary alicyclic amines) is 1. The molecule has 114 valence electrons. The van der Waals surface area contributed by atoms with Crippen molar-refractivity contribution in [2.45, 2.75) is 38.3 Å². The van der Waals surface area contributed by atoms with E-state index in [2.05, 4.69) is 10.6 Å². The van der Waals surface area contributed by atoms with Crippen molar-refractivity contribution in [1.29, 1.82) is 0 Å². The summed E-state index contributed by atoms with van der Waals surface area (Å²) < 4.78 is 5.00. The van der Waals surface area contributed by atoms with Crippen LogP contribution in [0.4, 0.5) is 0 Å². The third kappa shape index (κ3) is 3.70. The van der Waals surface area contributed by atoms with Crippen LogP contribution in [0.3, 0.4) is 0 Å². The number of fused-ring (bicyclic) bond motifs is 1. The molecular weight excluding hydrogens is 258 g/mol. The predicted molar refractivity (Wildman–Crippen MR) is 75.2 cm³/mol. The van der Waals surface area contributed by atoms with Crippen molar-refractivity contribution in [2.24, 2.45) is 5.92 Å². The number of hydrogen-bond donors (Lipinski definition) is 2. The van der Waals surface area contributed by atoms with Gasteiger partial charge in [-0.25, -0.2) is 0 Å². The van der Waals surface area contributed by atoms with Gasteiger partial charge in [0.15, 0.2) is 0 Å². The van der Waals surface area contributed by atoms with Crippen LogP contribution in [0.2, 0.25) is 0 Å². The molecule has 2 rings (SSSR count). The lowest BCUT2D eigenvalue weighted by Crippen LogP contribution is -2.57. The molecule has 2 aliphatic rings. The largest absolute Gasteiger partial charge is 0.383 e. The Kier molecular flexibility index (Phi) is 5.37. The maximum atomic E-state index is 12.1. The number of piperidine rings is 2. The van der Waals surface area contributed by atoms with Gasteiger partial charge in [0.2, 0.25) is 11.8 Å². The number of nitrogens with zero attached hydrogens (tertiary/aromatic N) is 1. The van der Waals surface area contributed by atoms with Crippen LogP contribution in [-0.4, -0.2) is 62.1 Å².